The molecule has 4 aliphatic carbocycles. The molecule has 2 nitrogen and oxygen atoms in total. The Hall–Kier alpha value is -6.77. The molecule has 2 atom stereocenters. The number of aromatic nitrogens is 2. The van der Waals surface area contributed by atoms with E-state index in [2.05, 4.69) is 200 Å². The fourth-order valence-corrected chi connectivity index (χ4v) is 10.5. The highest BCUT2D eigenvalue weighted by atomic mass is 15.1. The van der Waals surface area contributed by atoms with Crippen molar-refractivity contribution in [2.75, 3.05) is 0 Å². The third-order valence-corrected chi connectivity index (χ3v) is 13.2. The van der Waals surface area contributed by atoms with Crippen LogP contribution in [0.5, 0.6) is 0 Å². The molecule has 2 heteroatoms. The molecule has 12 rings (SSSR count). The molecule has 0 bridgehead atoms. The maximum Gasteiger partial charge on any atom is 0.145 e. The molecule has 0 fully saturated rings. The Morgan fingerprint density at radius 2 is 1.21 bits per heavy atom. The number of fused-ring (bicyclic) bond motifs is 12. The summed E-state index contributed by atoms with van der Waals surface area (Å²) in [7, 11) is 0. The Morgan fingerprint density at radius 3 is 1.98 bits per heavy atom. The second kappa shape index (κ2) is 12.4. The number of imidazole rings is 1. The summed E-state index contributed by atoms with van der Waals surface area (Å²) in [6, 6.07) is 58.3. The minimum absolute atomic E-state index is 0.358. The van der Waals surface area contributed by atoms with Crippen LogP contribution in [0.4, 0.5) is 0 Å². The van der Waals surface area contributed by atoms with Gasteiger partial charge in [0.1, 0.15) is 5.82 Å². The molecular weight excluding hydrogens is 689 g/mol. The Balaban J connectivity index is 0.995. The van der Waals surface area contributed by atoms with Crippen LogP contribution in [0, 0.1) is 11.8 Å². The second-order valence-corrected chi connectivity index (χ2v) is 16.3. The minimum Gasteiger partial charge on any atom is -0.292 e. The van der Waals surface area contributed by atoms with Crippen LogP contribution in [-0.2, 0) is 5.41 Å². The van der Waals surface area contributed by atoms with Crippen LogP contribution in [-0.4, -0.2) is 9.55 Å². The molecule has 270 valence electrons. The number of para-hydroxylation sites is 3. The highest BCUT2D eigenvalue weighted by Crippen LogP contribution is 2.65. The first kappa shape index (κ1) is 32.5. The van der Waals surface area contributed by atoms with Gasteiger partial charge in [-0.1, -0.05) is 151 Å². The average Bonchev–Trinajstić information content (AvgIpc) is 3.91. The zero-order chi connectivity index (χ0) is 37.7. The molecule has 2 unspecified atom stereocenters. The van der Waals surface area contributed by atoms with Crippen LogP contribution in [0.25, 0.3) is 66.7 Å². The lowest BCUT2D eigenvalue weighted by Gasteiger charge is -2.34. The molecule has 8 aromatic rings. The first-order valence-corrected chi connectivity index (χ1v) is 20.3. The summed E-state index contributed by atoms with van der Waals surface area (Å²) in [4.78, 5) is 5.14. The maximum absolute atomic E-state index is 5.14. The van der Waals surface area contributed by atoms with Crippen molar-refractivity contribution in [1.29, 1.82) is 0 Å². The van der Waals surface area contributed by atoms with Gasteiger partial charge in [-0.3, -0.25) is 4.57 Å². The predicted octanol–water partition coefficient (Wildman–Crippen LogP) is 13.7. The molecule has 1 spiro atoms. The first-order valence-electron chi connectivity index (χ1n) is 20.3. The fourth-order valence-electron chi connectivity index (χ4n) is 10.5. The molecular formula is C55H40N2. The van der Waals surface area contributed by atoms with E-state index in [0.29, 0.717) is 11.8 Å². The Bertz CT molecular complexity index is 3050. The van der Waals surface area contributed by atoms with Crippen LogP contribution in [0.3, 0.4) is 0 Å². The molecule has 0 radical (unpaired) electrons. The van der Waals surface area contributed by atoms with Gasteiger partial charge in [-0.15, -0.1) is 0 Å². The zero-order valence-corrected chi connectivity index (χ0v) is 31.9. The molecule has 0 amide bonds. The molecule has 4 aliphatic rings. The van der Waals surface area contributed by atoms with Crippen molar-refractivity contribution in [2.45, 2.75) is 25.2 Å². The van der Waals surface area contributed by atoms with E-state index in [4.69, 9.17) is 4.98 Å². The number of hydrogen-bond donors (Lipinski definition) is 0. The number of hydrogen-bond acceptors (Lipinski definition) is 1. The summed E-state index contributed by atoms with van der Waals surface area (Å²) in [5.74, 6) is 1.93. The lowest BCUT2D eigenvalue weighted by molar-refractivity contribution is 0.472. The Kier molecular flexibility index (Phi) is 7.04. The summed E-state index contributed by atoms with van der Waals surface area (Å²) < 4.78 is 2.28. The molecule has 0 N–H and O–H groups in total. The Morgan fingerprint density at radius 1 is 0.561 bits per heavy atom. The number of rotatable bonds is 4. The van der Waals surface area contributed by atoms with Crippen molar-refractivity contribution < 1.29 is 0 Å². The van der Waals surface area contributed by atoms with E-state index in [9.17, 15) is 0 Å². The van der Waals surface area contributed by atoms with Crippen molar-refractivity contribution in [1.82, 2.24) is 9.55 Å². The maximum atomic E-state index is 5.14. The molecule has 0 saturated carbocycles. The standard InChI is InChI=1S/C55H40N2/c1-35-19-21-36(22-20-35)40-27-29-46-47-30-28-41(34-51(47)55(50(46)33-40)48-15-7-5-13-44(48)45-14-6-8-16-49(45)55)38-23-24-39-32-42(26-25-37(39)31-38)54-56-52-17-9-10-18-53(52)57(54)43-11-3-2-4-12-43/h2-21,23-26,28-34,36,40H,22,27H2,1H3. The largest absolute Gasteiger partial charge is 0.292 e. The van der Waals surface area contributed by atoms with E-state index < -0.39 is 0 Å². The van der Waals surface area contributed by atoms with Gasteiger partial charge in [0.2, 0.25) is 0 Å². The second-order valence-electron chi connectivity index (χ2n) is 16.3. The zero-order valence-electron chi connectivity index (χ0n) is 31.9. The normalized spacial score (nSPS) is 18.5. The fraction of sp³-hybridized carbons (Fsp3) is 0.109. The Labute approximate surface area is 333 Å². The van der Waals surface area contributed by atoms with Gasteiger partial charge < -0.3 is 0 Å². The van der Waals surface area contributed by atoms with Crippen molar-refractivity contribution in [3.8, 4) is 39.3 Å². The van der Waals surface area contributed by atoms with Crippen LogP contribution < -0.4 is 0 Å². The summed E-state index contributed by atoms with van der Waals surface area (Å²) in [6.07, 6.45) is 14.6. The van der Waals surface area contributed by atoms with Crippen LogP contribution in [0.15, 0.2) is 199 Å². The minimum atomic E-state index is -0.358. The summed E-state index contributed by atoms with van der Waals surface area (Å²) in [6.45, 7) is 2.22. The first-order chi connectivity index (χ1) is 28.1. The third kappa shape index (κ3) is 4.74. The third-order valence-electron chi connectivity index (χ3n) is 13.2. The van der Waals surface area contributed by atoms with Crippen LogP contribution in [0.2, 0.25) is 0 Å². The van der Waals surface area contributed by atoms with E-state index in [1.165, 1.54) is 72.0 Å². The quantitative estimate of drug-likeness (QED) is 0.176. The molecule has 7 aromatic carbocycles. The van der Waals surface area contributed by atoms with Gasteiger partial charge in [0.05, 0.1) is 16.4 Å². The van der Waals surface area contributed by atoms with Gasteiger partial charge >= 0.3 is 0 Å². The van der Waals surface area contributed by atoms with Gasteiger partial charge in [0.15, 0.2) is 0 Å². The van der Waals surface area contributed by atoms with Gasteiger partial charge in [-0.25, -0.2) is 4.98 Å². The molecule has 0 saturated heterocycles. The lowest BCUT2D eigenvalue weighted by atomic mass is 9.67. The van der Waals surface area contributed by atoms with E-state index in [-0.39, 0.29) is 5.41 Å². The van der Waals surface area contributed by atoms with Crippen molar-refractivity contribution >= 4 is 27.4 Å². The summed E-state index contributed by atoms with van der Waals surface area (Å²) >= 11 is 0. The summed E-state index contributed by atoms with van der Waals surface area (Å²) in [5.41, 5.74) is 19.0. The number of benzene rings is 7. The topological polar surface area (TPSA) is 17.8 Å². The van der Waals surface area contributed by atoms with Crippen molar-refractivity contribution in [3.63, 3.8) is 0 Å². The van der Waals surface area contributed by atoms with Crippen LogP contribution in [0.1, 0.15) is 42.0 Å². The molecule has 1 aromatic heterocycles. The van der Waals surface area contributed by atoms with Crippen LogP contribution >= 0.6 is 0 Å². The molecule has 57 heavy (non-hydrogen) atoms. The van der Waals surface area contributed by atoms with Gasteiger partial charge in [0.25, 0.3) is 0 Å². The van der Waals surface area contributed by atoms with E-state index >= 15 is 0 Å². The SMILES string of the molecule is CC1=CCC(C2C=C3C(=CC2)c2ccc(-c4ccc5cc(-c6nc7ccccc7n6-c6ccccc6)ccc5c4)cc2C32c3ccccc3-c3ccccc32)C=C1. The average molecular weight is 729 g/mol. The summed E-state index contributed by atoms with van der Waals surface area (Å²) in [5, 5.41) is 2.42. The van der Waals surface area contributed by atoms with Crippen molar-refractivity contribution in [2.24, 2.45) is 11.8 Å². The van der Waals surface area contributed by atoms with Gasteiger partial charge in [0, 0.05) is 11.3 Å². The van der Waals surface area contributed by atoms with Crippen molar-refractivity contribution in [3.05, 3.63) is 222 Å². The van der Waals surface area contributed by atoms with E-state index in [1.807, 2.05) is 0 Å². The monoisotopic (exact) mass is 728 g/mol. The number of nitrogens with zero attached hydrogens (tertiary/aromatic N) is 2. The van der Waals surface area contributed by atoms with E-state index in [0.717, 1.165) is 41.0 Å². The van der Waals surface area contributed by atoms with Gasteiger partial charge in [-0.05, 0) is 140 Å². The predicted molar refractivity (Wildman–Crippen MR) is 236 cm³/mol. The lowest BCUT2D eigenvalue weighted by Crippen LogP contribution is -2.28. The van der Waals surface area contributed by atoms with Gasteiger partial charge in [-0.2, -0.15) is 0 Å². The molecule has 1 heterocycles. The smallest absolute Gasteiger partial charge is 0.145 e. The number of allylic oxidation sites excluding steroid dienone is 8. The molecule has 0 aliphatic heterocycles. The highest BCUT2D eigenvalue weighted by Gasteiger charge is 2.54. The van der Waals surface area contributed by atoms with E-state index in [1.54, 1.807) is 0 Å². The highest BCUT2D eigenvalue weighted by molar-refractivity contribution is 6.01.